The van der Waals surface area contributed by atoms with Crippen molar-refractivity contribution in [1.82, 2.24) is 15.5 Å². The van der Waals surface area contributed by atoms with Crippen molar-refractivity contribution < 1.29 is 9.53 Å². The molecule has 3 aliphatic rings. The highest BCUT2D eigenvalue weighted by molar-refractivity contribution is 5.85. The molecule has 3 aliphatic heterocycles. The van der Waals surface area contributed by atoms with Gasteiger partial charge in [-0.2, -0.15) is 0 Å². The number of ether oxygens (including phenoxy) is 1. The topological polar surface area (TPSA) is 53.6 Å². The van der Waals surface area contributed by atoms with Crippen LogP contribution >= 0.6 is 24.8 Å². The molecule has 160 valence electrons. The molecule has 1 amide bonds. The Morgan fingerprint density at radius 1 is 1.19 bits per heavy atom. The predicted molar refractivity (Wildman–Crippen MR) is 115 cm³/mol. The van der Waals surface area contributed by atoms with Crippen molar-refractivity contribution in [2.75, 3.05) is 45.9 Å². The summed E-state index contributed by atoms with van der Waals surface area (Å²) in [5, 5.41) is 6.77. The van der Waals surface area contributed by atoms with Gasteiger partial charge < -0.3 is 15.4 Å². The summed E-state index contributed by atoms with van der Waals surface area (Å²) in [6.45, 7) is 9.27. The Morgan fingerprint density at radius 2 is 1.89 bits per heavy atom. The molecule has 27 heavy (non-hydrogen) atoms. The van der Waals surface area contributed by atoms with E-state index in [0.29, 0.717) is 18.3 Å². The van der Waals surface area contributed by atoms with E-state index >= 15 is 0 Å². The summed E-state index contributed by atoms with van der Waals surface area (Å²) in [6, 6.07) is 0. The lowest BCUT2D eigenvalue weighted by atomic mass is 9.84. The zero-order valence-corrected chi connectivity index (χ0v) is 18.5. The largest absolute Gasteiger partial charge is 0.381 e. The monoisotopic (exact) mass is 423 g/mol. The van der Waals surface area contributed by atoms with Crippen molar-refractivity contribution in [3.05, 3.63) is 0 Å². The van der Waals surface area contributed by atoms with E-state index in [1.165, 1.54) is 45.2 Å². The third-order valence-electron chi connectivity index (χ3n) is 6.71. The number of hydrogen-bond acceptors (Lipinski definition) is 4. The molecule has 3 rings (SSSR count). The minimum Gasteiger partial charge on any atom is -0.381 e. The molecule has 3 heterocycles. The Balaban J connectivity index is 0.00000182. The molecule has 0 radical (unpaired) electrons. The van der Waals surface area contributed by atoms with Gasteiger partial charge in [-0.15, -0.1) is 24.8 Å². The second kappa shape index (κ2) is 12.5. The van der Waals surface area contributed by atoms with Gasteiger partial charge in [0, 0.05) is 31.7 Å². The van der Waals surface area contributed by atoms with Crippen LogP contribution in [0.5, 0.6) is 0 Å². The smallest absolute Gasteiger partial charge is 0.220 e. The summed E-state index contributed by atoms with van der Waals surface area (Å²) >= 11 is 0. The van der Waals surface area contributed by atoms with Crippen LogP contribution in [0.15, 0.2) is 0 Å². The first-order valence-electron chi connectivity index (χ1n) is 10.5. The first-order chi connectivity index (χ1) is 12.2. The third-order valence-corrected chi connectivity index (χ3v) is 6.71. The van der Waals surface area contributed by atoms with E-state index in [4.69, 9.17) is 4.74 Å². The molecule has 3 saturated heterocycles. The van der Waals surface area contributed by atoms with Gasteiger partial charge in [-0.1, -0.05) is 13.3 Å². The fraction of sp³-hybridized carbons (Fsp3) is 0.950. The summed E-state index contributed by atoms with van der Waals surface area (Å²) in [7, 11) is 0. The molecule has 7 heteroatoms. The summed E-state index contributed by atoms with van der Waals surface area (Å²) < 4.78 is 5.62. The number of rotatable bonds is 6. The SMILES string of the molecule is CC(CC(=O)NCC1(N2CCCCC2)CCOCC1)C1CCCNC1.Cl.Cl. The van der Waals surface area contributed by atoms with Gasteiger partial charge in [-0.25, -0.2) is 0 Å². The molecule has 2 atom stereocenters. The number of likely N-dealkylation sites (tertiary alicyclic amines) is 1. The zero-order valence-electron chi connectivity index (χ0n) is 16.8. The number of piperidine rings is 2. The zero-order chi connectivity index (χ0) is 17.5. The lowest BCUT2D eigenvalue weighted by Gasteiger charge is -2.48. The van der Waals surface area contributed by atoms with Crippen LogP contribution in [-0.4, -0.2) is 62.3 Å². The highest BCUT2D eigenvalue weighted by Crippen LogP contribution is 2.30. The Hall–Kier alpha value is -0.0700. The van der Waals surface area contributed by atoms with Crippen molar-refractivity contribution in [3.63, 3.8) is 0 Å². The van der Waals surface area contributed by atoms with Gasteiger partial charge >= 0.3 is 0 Å². The second-order valence-electron chi connectivity index (χ2n) is 8.45. The fourth-order valence-electron chi connectivity index (χ4n) is 4.88. The predicted octanol–water partition coefficient (Wildman–Crippen LogP) is 3.01. The molecule has 0 aromatic carbocycles. The van der Waals surface area contributed by atoms with Gasteiger partial charge in [0.2, 0.25) is 5.91 Å². The Labute approximate surface area is 177 Å². The molecule has 0 spiro atoms. The Bertz CT molecular complexity index is 421. The van der Waals surface area contributed by atoms with E-state index in [1.807, 2.05) is 0 Å². The van der Waals surface area contributed by atoms with Crippen LogP contribution in [0.1, 0.15) is 58.3 Å². The second-order valence-corrected chi connectivity index (χ2v) is 8.45. The average molecular weight is 424 g/mol. The van der Waals surface area contributed by atoms with Crippen LogP contribution < -0.4 is 10.6 Å². The minimum atomic E-state index is 0. The molecule has 0 aromatic rings. The van der Waals surface area contributed by atoms with Crippen LogP contribution in [0.3, 0.4) is 0 Å². The molecule has 5 nitrogen and oxygen atoms in total. The van der Waals surface area contributed by atoms with Gasteiger partial charge in [0.1, 0.15) is 0 Å². The molecule has 0 saturated carbocycles. The first-order valence-corrected chi connectivity index (χ1v) is 10.5. The lowest BCUT2D eigenvalue weighted by molar-refractivity contribution is -0.123. The van der Waals surface area contributed by atoms with E-state index in [-0.39, 0.29) is 36.3 Å². The van der Waals surface area contributed by atoms with Crippen molar-refractivity contribution >= 4 is 30.7 Å². The molecule has 0 aliphatic carbocycles. The minimum absolute atomic E-state index is 0. The standard InChI is InChI=1S/C20H37N3O2.2ClH/c1-17(18-6-5-9-21-15-18)14-19(24)22-16-20(7-12-25-13-8-20)23-10-3-2-4-11-23;;/h17-18,21H,2-16H2,1H3,(H,22,24);2*1H. The maximum atomic E-state index is 12.6. The van der Waals surface area contributed by atoms with Gasteiger partial charge in [0.05, 0.1) is 0 Å². The van der Waals surface area contributed by atoms with E-state index in [0.717, 1.165) is 45.7 Å². The van der Waals surface area contributed by atoms with E-state index in [2.05, 4.69) is 22.5 Å². The van der Waals surface area contributed by atoms with Gasteiger partial charge in [0.25, 0.3) is 0 Å². The molecular formula is C20H39Cl2N3O2. The molecule has 3 fully saturated rings. The summed E-state index contributed by atoms with van der Waals surface area (Å²) in [6.07, 6.45) is 9.21. The van der Waals surface area contributed by atoms with Crippen LogP contribution in [0, 0.1) is 11.8 Å². The number of carbonyl (C=O) groups excluding carboxylic acids is 1. The van der Waals surface area contributed by atoms with Crippen LogP contribution in [0.4, 0.5) is 0 Å². The Kier molecular flexibility index (Phi) is 11.5. The Morgan fingerprint density at radius 3 is 2.52 bits per heavy atom. The fourth-order valence-corrected chi connectivity index (χ4v) is 4.88. The van der Waals surface area contributed by atoms with E-state index < -0.39 is 0 Å². The number of hydrogen-bond donors (Lipinski definition) is 2. The lowest BCUT2D eigenvalue weighted by Crippen LogP contribution is -2.59. The van der Waals surface area contributed by atoms with E-state index in [9.17, 15) is 4.79 Å². The quantitative estimate of drug-likeness (QED) is 0.689. The summed E-state index contributed by atoms with van der Waals surface area (Å²) in [5.41, 5.74) is 0.129. The molecule has 2 unspecified atom stereocenters. The first kappa shape index (κ1) is 25.0. The highest BCUT2D eigenvalue weighted by Gasteiger charge is 2.39. The number of carbonyl (C=O) groups is 1. The van der Waals surface area contributed by atoms with Gasteiger partial charge in [0.15, 0.2) is 0 Å². The van der Waals surface area contributed by atoms with Crippen LogP contribution in [-0.2, 0) is 9.53 Å². The highest BCUT2D eigenvalue weighted by atomic mass is 35.5. The molecule has 2 N–H and O–H groups in total. The molecule has 0 bridgehead atoms. The molecular weight excluding hydrogens is 385 g/mol. The van der Waals surface area contributed by atoms with E-state index in [1.54, 1.807) is 0 Å². The van der Waals surface area contributed by atoms with Crippen LogP contribution in [0.25, 0.3) is 0 Å². The number of amides is 1. The van der Waals surface area contributed by atoms with Crippen molar-refractivity contribution in [3.8, 4) is 0 Å². The van der Waals surface area contributed by atoms with Crippen molar-refractivity contribution in [2.45, 2.75) is 63.8 Å². The van der Waals surface area contributed by atoms with Gasteiger partial charge in [-0.3, -0.25) is 9.69 Å². The average Bonchev–Trinajstić information content (AvgIpc) is 2.68. The number of nitrogens with one attached hydrogen (secondary N) is 2. The third kappa shape index (κ3) is 7.04. The molecule has 0 aromatic heterocycles. The maximum Gasteiger partial charge on any atom is 0.220 e. The normalized spacial score (nSPS) is 26.9. The maximum absolute atomic E-state index is 12.6. The summed E-state index contributed by atoms with van der Waals surface area (Å²) in [4.78, 5) is 15.2. The van der Waals surface area contributed by atoms with Crippen molar-refractivity contribution in [1.29, 1.82) is 0 Å². The van der Waals surface area contributed by atoms with Crippen molar-refractivity contribution in [2.24, 2.45) is 11.8 Å². The van der Waals surface area contributed by atoms with Crippen LogP contribution in [0.2, 0.25) is 0 Å². The number of nitrogens with zero attached hydrogens (tertiary/aromatic N) is 1. The number of halogens is 2. The summed E-state index contributed by atoms with van der Waals surface area (Å²) in [5.74, 6) is 1.35. The van der Waals surface area contributed by atoms with Gasteiger partial charge in [-0.05, 0) is 76.5 Å².